The van der Waals surface area contributed by atoms with Gasteiger partial charge in [-0.2, -0.15) is 0 Å². The highest BCUT2D eigenvalue weighted by atomic mass is 16.5. The van der Waals surface area contributed by atoms with E-state index in [-0.39, 0.29) is 11.8 Å². The second kappa shape index (κ2) is 9.62. The molecule has 2 aromatic rings. The summed E-state index contributed by atoms with van der Waals surface area (Å²) in [5.74, 6) is -0.908. The van der Waals surface area contributed by atoms with Crippen LogP contribution < -0.4 is 10.2 Å². The standard InChI is InChI=1S/C25H31N3O3/c1-18-6-7-22(14-19(18)2)28-9-8-23(25(28)30)24(29)26-16-20-4-3-5-21(15-20)17-27-10-12-31-13-11-27/h3-7,14-15,23H,8-13,16-17H2,1-2H3,(H,26,29). The Morgan fingerprint density at radius 3 is 2.58 bits per heavy atom. The van der Waals surface area contributed by atoms with Crippen LogP contribution in [0.1, 0.15) is 28.7 Å². The summed E-state index contributed by atoms with van der Waals surface area (Å²) in [7, 11) is 0. The molecule has 2 aromatic carbocycles. The van der Waals surface area contributed by atoms with E-state index in [1.54, 1.807) is 4.90 Å². The van der Waals surface area contributed by atoms with E-state index in [9.17, 15) is 9.59 Å². The fourth-order valence-electron chi connectivity index (χ4n) is 4.24. The van der Waals surface area contributed by atoms with Gasteiger partial charge >= 0.3 is 0 Å². The summed E-state index contributed by atoms with van der Waals surface area (Å²) in [5.41, 5.74) is 5.50. The molecule has 1 N–H and O–H groups in total. The Labute approximate surface area is 184 Å². The maximum absolute atomic E-state index is 12.9. The molecular weight excluding hydrogens is 390 g/mol. The average molecular weight is 422 g/mol. The molecular formula is C25H31N3O3. The zero-order valence-electron chi connectivity index (χ0n) is 18.4. The van der Waals surface area contributed by atoms with Gasteiger partial charge in [0, 0.05) is 38.4 Å². The zero-order valence-corrected chi connectivity index (χ0v) is 18.4. The van der Waals surface area contributed by atoms with Gasteiger partial charge in [-0.15, -0.1) is 0 Å². The predicted molar refractivity (Wildman–Crippen MR) is 121 cm³/mol. The normalized spacial score (nSPS) is 19.6. The van der Waals surface area contributed by atoms with Crippen LogP contribution in [0.5, 0.6) is 0 Å². The SMILES string of the molecule is Cc1ccc(N2CCC(C(=O)NCc3cccc(CN4CCOCC4)c3)C2=O)cc1C. The first-order valence-corrected chi connectivity index (χ1v) is 11.1. The minimum absolute atomic E-state index is 0.109. The van der Waals surface area contributed by atoms with E-state index in [2.05, 4.69) is 29.3 Å². The molecule has 0 aromatic heterocycles. The van der Waals surface area contributed by atoms with Crippen molar-refractivity contribution in [2.45, 2.75) is 33.4 Å². The van der Waals surface area contributed by atoms with Gasteiger partial charge in [0.2, 0.25) is 11.8 Å². The third-order valence-corrected chi connectivity index (χ3v) is 6.29. The first-order chi connectivity index (χ1) is 15.0. The Morgan fingerprint density at radius 2 is 1.81 bits per heavy atom. The van der Waals surface area contributed by atoms with E-state index in [0.717, 1.165) is 49.7 Å². The van der Waals surface area contributed by atoms with E-state index < -0.39 is 5.92 Å². The number of rotatable bonds is 6. The van der Waals surface area contributed by atoms with Crippen LogP contribution in [0, 0.1) is 19.8 Å². The number of carbonyl (C=O) groups is 2. The number of hydrogen-bond acceptors (Lipinski definition) is 4. The quantitative estimate of drug-likeness (QED) is 0.729. The van der Waals surface area contributed by atoms with Gasteiger partial charge in [0.25, 0.3) is 0 Å². The topological polar surface area (TPSA) is 61.9 Å². The van der Waals surface area contributed by atoms with Gasteiger partial charge in [-0.25, -0.2) is 0 Å². The summed E-state index contributed by atoms with van der Waals surface area (Å²) in [6.45, 7) is 9.45. The van der Waals surface area contributed by atoms with Crippen molar-refractivity contribution in [3.8, 4) is 0 Å². The van der Waals surface area contributed by atoms with Gasteiger partial charge < -0.3 is 15.0 Å². The van der Waals surface area contributed by atoms with Crippen LogP contribution in [0.4, 0.5) is 5.69 Å². The molecule has 1 atom stereocenters. The largest absolute Gasteiger partial charge is 0.379 e. The minimum atomic E-state index is -0.613. The van der Waals surface area contributed by atoms with Crippen molar-refractivity contribution < 1.29 is 14.3 Å². The van der Waals surface area contributed by atoms with E-state index >= 15 is 0 Å². The number of benzene rings is 2. The maximum Gasteiger partial charge on any atom is 0.239 e. The Hall–Kier alpha value is -2.70. The van der Waals surface area contributed by atoms with Crippen LogP contribution in [0.3, 0.4) is 0 Å². The Morgan fingerprint density at radius 1 is 1.03 bits per heavy atom. The molecule has 164 valence electrons. The molecule has 4 rings (SSSR count). The first kappa shape index (κ1) is 21.5. The van der Waals surface area contributed by atoms with Crippen LogP contribution in [-0.2, 0) is 27.4 Å². The molecule has 2 aliphatic rings. The van der Waals surface area contributed by atoms with Gasteiger partial charge in [0.1, 0.15) is 5.92 Å². The fraction of sp³-hybridized carbons (Fsp3) is 0.440. The average Bonchev–Trinajstić information content (AvgIpc) is 3.16. The molecule has 0 radical (unpaired) electrons. The number of anilines is 1. The molecule has 0 aliphatic carbocycles. The van der Waals surface area contributed by atoms with Crippen LogP contribution in [0.2, 0.25) is 0 Å². The number of amides is 2. The molecule has 2 fully saturated rings. The van der Waals surface area contributed by atoms with E-state index in [4.69, 9.17) is 4.74 Å². The Balaban J connectivity index is 1.33. The number of morpholine rings is 1. The van der Waals surface area contributed by atoms with Crippen molar-refractivity contribution in [2.24, 2.45) is 5.92 Å². The highest BCUT2D eigenvalue weighted by Gasteiger charge is 2.37. The monoisotopic (exact) mass is 421 g/mol. The summed E-state index contributed by atoms with van der Waals surface area (Å²) in [5, 5.41) is 2.97. The van der Waals surface area contributed by atoms with E-state index in [0.29, 0.717) is 19.5 Å². The molecule has 1 unspecified atom stereocenters. The summed E-state index contributed by atoms with van der Waals surface area (Å²) < 4.78 is 5.41. The third kappa shape index (κ3) is 5.14. The van der Waals surface area contributed by atoms with Crippen LogP contribution in [0.15, 0.2) is 42.5 Å². The second-order valence-electron chi connectivity index (χ2n) is 8.53. The first-order valence-electron chi connectivity index (χ1n) is 11.1. The van der Waals surface area contributed by atoms with E-state index in [1.807, 2.05) is 37.3 Å². The number of nitrogens with zero attached hydrogens (tertiary/aromatic N) is 2. The number of nitrogens with one attached hydrogen (secondary N) is 1. The molecule has 2 heterocycles. The lowest BCUT2D eigenvalue weighted by Crippen LogP contribution is -2.36. The third-order valence-electron chi connectivity index (χ3n) is 6.29. The molecule has 6 heteroatoms. The van der Waals surface area contributed by atoms with E-state index in [1.165, 1.54) is 11.1 Å². The zero-order chi connectivity index (χ0) is 21.8. The number of carbonyl (C=O) groups excluding carboxylic acids is 2. The van der Waals surface area contributed by atoms with Gasteiger partial charge in [0.15, 0.2) is 0 Å². The van der Waals surface area contributed by atoms with Crippen molar-refractivity contribution in [3.63, 3.8) is 0 Å². The molecule has 2 saturated heterocycles. The fourth-order valence-corrected chi connectivity index (χ4v) is 4.24. The number of aryl methyl sites for hydroxylation is 2. The Kier molecular flexibility index (Phi) is 6.68. The molecule has 2 aliphatic heterocycles. The predicted octanol–water partition coefficient (Wildman–Crippen LogP) is 2.80. The van der Waals surface area contributed by atoms with Gasteiger partial charge in [-0.05, 0) is 54.7 Å². The van der Waals surface area contributed by atoms with Gasteiger partial charge in [0.05, 0.1) is 13.2 Å². The van der Waals surface area contributed by atoms with Crippen molar-refractivity contribution in [3.05, 3.63) is 64.7 Å². The summed E-state index contributed by atoms with van der Waals surface area (Å²) in [6, 6.07) is 14.3. The van der Waals surface area contributed by atoms with Gasteiger partial charge in [-0.3, -0.25) is 14.5 Å². The van der Waals surface area contributed by atoms with Crippen LogP contribution in [-0.4, -0.2) is 49.6 Å². The van der Waals surface area contributed by atoms with Crippen molar-refractivity contribution in [1.29, 1.82) is 0 Å². The van der Waals surface area contributed by atoms with Crippen LogP contribution >= 0.6 is 0 Å². The lowest BCUT2D eigenvalue weighted by Gasteiger charge is -2.26. The van der Waals surface area contributed by atoms with Crippen LogP contribution in [0.25, 0.3) is 0 Å². The lowest BCUT2D eigenvalue weighted by atomic mass is 10.1. The molecule has 0 bridgehead atoms. The summed E-state index contributed by atoms with van der Waals surface area (Å²) >= 11 is 0. The number of ether oxygens (including phenoxy) is 1. The van der Waals surface area contributed by atoms with Crippen molar-refractivity contribution in [2.75, 3.05) is 37.7 Å². The molecule has 6 nitrogen and oxygen atoms in total. The molecule has 31 heavy (non-hydrogen) atoms. The second-order valence-corrected chi connectivity index (χ2v) is 8.53. The maximum atomic E-state index is 12.9. The van der Waals surface area contributed by atoms with Crippen molar-refractivity contribution in [1.82, 2.24) is 10.2 Å². The number of hydrogen-bond donors (Lipinski definition) is 1. The summed E-state index contributed by atoms with van der Waals surface area (Å²) in [4.78, 5) is 29.7. The molecule has 0 saturated carbocycles. The minimum Gasteiger partial charge on any atom is -0.379 e. The lowest BCUT2D eigenvalue weighted by molar-refractivity contribution is -0.132. The molecule has 0 spiro atoms. The van der Waals surface area contributed by atoms with Gasteiger partial charge in [-0.1, -0.05) is 30.3 Å². The smallest absolute Gasteiger partial charge is 0.239 e. The Bertz CT molecular complexity index is 953. The van der Waals surface area contributed by atoms with Crippen molar-refractivity contribution >= 4 is 17.5 Å². The highest BCUT2D eigenvalue weighted by Crippen LogP contribution is 2.27. The molecule has 2 amide bonds. The summed E-state index contributed by atoms with van der Waals surface area (Å²) in [6.07, 6.45) is 0.550. The highest BCUT2D eigenvalue weighted by molar-refractivity contribution is 6.09.